The number of hydrogen-bond donors (Lipinski definition) is 1. The minimum Gasteiger partial charge on any atom is -0.396 e. The van der Waals surface area contributed by atoms with Gasteiger partial charge in [-0.2, -0.15) is 0 Å². The third kappa shape index (κ3) is 5.58. The molecule has 160 valence electrons. The topological polar surface area (TPSA) is 37.3 Å². The molecule has 1 aliphatic rings. The van der Waals surface area contributed by atoms with Crippen LogP contribution in [0.2, 0.25) is 0 Å². The average molecular weight is 467 g/mol. The summed E-state index contributed by atoms with van der Waals surface area (Å²) in [5, 5.41) is 10.2. The number of aliphatic hydroxyl groups excluding tert-OH is 1. The van der Waals surface area contributed by atoms with Gasteiger partial charge < -0.3 is 5.11 Å². The van der Waals surface area contributed by atoms with E-state index in [0.717, 1.165) is 12.8 Å². The molecule has 31 heavy (non-hydrogen) atoms. The minimum absolute atomic E-state index is 0.0411. The molecule has 0 bridgehead atoms. The van der Waals surface area contributed by atoms with Crippen LogP contribution < -0.4 is 0 Å². The van der Waals surface area contributed by atoms with Gasteiger partial charge in [0.25, 0.3) is 0 Å². The minimum atomic E-state index is -0.395. The predicted molar refractivity (Wildman–Crippen MR) is 133 cm³/mol. The third-order valence-electron chi connectivity index (χ3n) is 5.50. The summed E-state index contributed by atoms with van der Waals surface area (Å²) in [5.41, 5.74) is 0. The summed E-state index contributed by atoms with van der Waals surface area (Å²) >= 11 is 5.45. The second-order valence-corrected chi connectivity index (χ2v) is 12.3. The van der Waals surface area contributed by atoms with E-state index in [2.05, 4.69) is 72.8 Å². The highest BCUT2D eigenvalue weighted by atomic mass is 32.3. The van der Waals surface area contributed by atoms with Gasteiger partial charge in [-0.05, 0) is 49.2 Å². The van der Waals surface area contributed by atoms with E-state index < -0.39 is 3.41 Å². The lowest BCUT2D eigenvalue weighted by molar-refractivity contribution is -0.128. The molecule has 1 saturated carbocycles. The van der Waals surface area contributed by atoms with E-state index in [9.17, 15) is 9.90 Å². The molecule has 1 aliphatic carbocycles. The summed E-state index contributed by atoms with van der Waals surface area (Å²) in [5.74, 6) is -0.101. The fraction of sp³-hybridized carbons (Fsp3) is 0.269. The molecule has 3 aromatic rings. The van der Waals surface area contributed by atoms with E-state index in [1.165, 1.54) is 14.7 Å². The zero-order valence-electron chi connectivity index (χ0n) is 17.2. The second-order valence-electron chi connectivity index (χ2n) is 7.60. The van der Waals surface area contributed by atoms with E-state index in [4.69, 9.17) is 0 Å². The Hall–Kier alpha value is -1.66. The van der Waals surface area contributed by atoms with Gasteiger partial charge in [-0.3, -0.25) is 4.79 Å². The van der Waals surface area contributed by atoms with Crippen molar-refractivity contribution in [2.24, 2.45) is 11.8 Å². The smallest absolute Gasteiger partial charge is 0.138 e. The van der Waals surface area contributed by atoms with Crippen molar-refractivity contribution in [3.05, 3.63) is 91.0 Å². The molecule has 0 radical (unpaired) electrons. The fourth-order valence-electron chi connectivity index (χ4n) is 4.01. The number of benzene rings is 3. The summed E-state index contributed by atoms with van der Waals surface area (Å²) in [6.45, 7) is -0.0920. The molecule has 3 aromatic carbocycles. The Balaban J connectivity index is 1.82. The maximum Gasteiger partial charge on any atom is 0.138 e. The van der Waals surface area contributed by atoms with E-state index >= 15 is 0 Å². The molecule has 2 atom stereocenters. The van der Waals surface area contributed by atoms with Crippen LogP contribution >= 0.6 is 35.3 Å². The van der Waals surface area contributed by atoms with Gasteiger partial charge in [0, 0.05) is 32.9 Å². The van der Waals surface area contributed by atoms with Crippen molar-refractivity contribution in [1.82, 2.24) is 0 Å². The van der Waals surface area contributed by atoms with E-state index in [-0.39, 0.29) is 24.2 Å². The lowest BCUT2D eigenvalue weighted by Crippen LogP contribution is -2.42. The SMILES string of the molecule is O=C1CCC[C@H](C(Sc2ccccc2)(Sc2ccccc2)Sc2ccccc2)[C@@H]1CO. The zero-order chi connectivity index (χ0) is 21.5. The standard InChI is InChI=1S/C26H26O2S3/c27-19-23-24(17-10-18-25(23)28)26(29-20-11-4-1-5-12-20,30-21-13-6-2-7-14-21)31-22-15-8-3-9-16-22/h1-9,11-16,23-24,27H,10,17-19H2/t23-,24-/m0/s1. The largest absolute Gasteiger partial charge is 0.396 e. The van der Waals surface area contributed by atoms with Crippen molar-refractivity contribution in [2.45, 2.75) is 37.4 Å². The van der Waals surface area contributed by atoms with Gasteiger partial charge in [-0.15, -0.1) is 0 Å². The molecule has 0 aliphatic heterocycles. The molecule has 4 rings (SSSR count). The van der Waals surface area contributed by atoms with Crippen molar-refractivity contribution < 1.29 is 9.90 Å². The highest BCUT2D eigenvalue weighted by Crippen LogP contribution is 2.62. The summed E-state index contributed by atoms with van der Waals surface area (Å²) in [6, 6.07) is 31.2. The Labute approximate surface area is 197 Å². The summed E-state index contributed by atoms with van der Waals surface area (Å²) in [7, 11) is 0. The number of hydrogen-bond acceptors (Lipinski definition) is 5. The average Bonchev–Trinajstić information content (AvgIpc) is 2.81. The number of ketones is 1. The van der Waals surface area contributed by atoms with Gasteiger partial charge in [0.1, 0.15) is 9.19 Å². The van der Waals surface area contributed by atoms with Gasteiger partial charge in [0.05, 0.1) is 6.61 Å². The van der Waals surface area contributed by atoms with Crippen LogP contribution in [-0.4, -0.2) is 20.9 Å². The highest BCUT2D eigenvalue weighted by Gasteiger charge is 2.49. The van der Waals surface area contributed by atoms with Crippen LogP contribution in [0.4, 0.5) is 0 Å². The normalized spacial score (nSPS) is 19.3. The Morgan fingerprint density at radius 3 is 1.55 bits per heavy atom. The van der Waals surface area contributed by atoms with Gasteiger partial charge in [-0.25, -0.2) is 0 Å². The zero-order valence-corrected chi connectivity index (χ0v) is 19.7. The molecule has 2 nitrogen and oxygen atoms in total. The van der Waals surface area contributed by atoms with Crippen LogP contribution in [0.5, 0.6) is 0 Å². The van der Waals surface area contributed by atoms with Crippen molar-refractivity contribution >= 4 is 41.1 Å². The second kappa shape index (κ2) is 10.8. The van der Waals surface area contributed by atoms with Crippen LogP contribution in [-0.2, 0) is 4.79 Å². The third-order valence-corrected chi connectivity index (χ3v) is 10.3. The number of carbonyl (C=O) groups excluding carboxylic acids is 1. The molecule has 0 aromatic heterocycles. The first-order valence-electron chi connectivity index (χ1n) is 10.6. The van der Waals surface area contributed by atoms with E-state index in [1.807, 2.05) is 53.5 Å². The summed E-state index contributed by atoms with van der Waals surface area (Å²) < 4.78 is -0.395. The number of rotatable bonds is 8. The Kier molecular flexibility index (Phi) is 7.83. The van der Waals surface area contributed by atoms with Crippen LogP contribution in [0.3, 0.4) is 0 Å². The molecule has 5 heteroatoms. The first-order chi connectivity index (χ1) is 15.2. The number of thioether (sulfide) groups is 3. The molecular weight excluding hydrogens is 440 g/mol. The number of aliphatic hydroxyl groups is 1. The van der Waals surface area contributed by atoms with Crippen molar-refractivity contribution in [2.75, 3.05) is 6.61 Å². The fourth-order valence-corrected chi connectivity index (χ4v) is 9.41. The van der Waals surface area contributed by atoms with Gasteiger partial charge in [0.15, 0.2) is 0 Å². The van der Waals surface area contributed by atoms with Crippen LogP contribution in [0.1, 0.15) is 19.3 Å². The molecule has 0 unspecified atom stereocenters. The monoisotopic (exact) mass is 466 g/mol. The molecule has 0 saturated heterocycles. The van der Waals surface area contributed by atoms with Gasteiger partial charge in [-0.1, -0.05) is 89.9 Å². The van der Waals surface area contributed by atoms with Gasteiger partial charge >= 0.3 is 0 Å². The predicted octanol–water partition coefficient (Wildman–Crippen LogP) is 6.99. The molecular formula is C26H26O2S3. The quantitative estimate of drug-likeness (QED) is 0.286. The maximum atomic E-state index is 12.9. The molecule has 0 heterocycles. The van der Waals surface area contributed by atoms with Crippen molar-refractivity contribution in [3.63, 3.8) is 0 Å². The Morgan fingerprint density at radius 2 is 1.16 bits per heavy atom. The van der Waals surface area contributed by atoms with Crippen molar-refractivity contribution in [1.29, 1.82) is 0 Å². The molecule has 0 spiro atoms. The van der Waals surface area contributed by atoms with Crippen LogP contribution in [0, 0.1) is 11.8 Å². The maximum absolute atomic E-state index is 12.9. The Bertz CT molecular complexity index is 862. The van der Waals surface area contributed by atoms with Crippen molar-refractivity contribution in [3.8, 4) is 0 Å². The highest BCUT2D eigenvalue weighted by molar-refractivity contribution is 8.33. The Morgan fingerprint density at radius 1 is 0.742 bits per heavy atom. The van der Waals surface area contributed by atoms with E-state index in [0.29, 0.717) is 6.42 Å². The summed E-state index contributed by atoms with van der Waals surface area (Å²) in [4.78, 5) is 16.4. The van der Waals surface area contributed by atoms with Crippen LogP contribution in [0.25, 0.3) is 0 Å². The van der Waals surface area contributed by atoms with Gasteiger partial charge in [0.2, 0.25) is 0 Å². The molecule has 1 fully saturated rings. The summed E-state index contributed by atoms with van der Waals surface area (Å²) in [6.07, 6.45) is 2.37. The lowest BCUT2D eigenvalue weighted by atomic mass is 9.79. The first-order valence-corrected chi connectivity index (χ1v) is 13.0. The lowest BCUT2D eigenvalue weighted by Gasteiger charge is -2.44. The number of carbonyl (C=O) groups is 1. The van der Waals surface area contributed by atoms with Crippen LogP contribution in [0.15, 0.2) is 106 Å². The first kappa shape index (κ1) is 22.5. The van der Waals surface area contributed by atoms with E-state index in [1.54, 1.807) is 0 Å². The molecule has 0 amide bonds. The number of Topliss-reactive ketones (excluding diaryl/α,β-unsaturated/α-hetero) is 1. The molecule has 1 N–H and O–H groups in total.